The maximum atomic E-state index is 2.41. The summed E-state index contributed by atoms with van der Waals surface area (Å²) in [5.41, 5.74) is 6.39. The Morgan fingerprint density at radius 1 is 0.448 bits per heavy atom. The standard InChI is InChI=1S/C28H27N/c1-22(24-12-6-3-7-13-24)25-18-20-28(21-19-25)29(27-16-10-5-11-17-27)23(2)26-14-8-4-9-15-26/h3-23H,1-2H3. The molecule has 0 fully saturated rings. The lowest BCUT2D eigenvalue weighted by Gasteiger charge is -2.32. The topological polar surface area (TPSA) is 3.24 Å². The van der Waals surface area contributed by atoms with Crippen molar-refractivity contribution in [1.29, 1.82) is 0 Å². The molecule has 0 saturated heterocycles. The Morgan fingerprint density at radius 3 is 1.41 bits per heavy atom. The van der Waals surface area contributed by atoms with Crippen molar-refractivity contribution in [3.8, 4) is 0 Å². The van der Waals surface area contributed by atoms with Crippen LogP contribution < -0.4 is 4.90 Å². The second-order valence-electron chi connectivity index (χ2n) is 7.52. The van der Waals surface area contributed by atoms with Crippen LogP contribution in [0.5, 0.6) is 0 Å². The monoisotopic (exact) mass is 377 g/mol. The molecule has 2 unspecified atom stereocenters. The van der Waals surface area contributed by atoms with Gasteiger partial charge in [-0.2, -0.15) is 0 Å². The molecule has 0 spiro atoms. The molecule has 0 aliphatic carbocycles. The quantitative estimate of drug-likeness (QED) is 0.332. The summed E-state index contributed by atoms with van der Waals surface area (Å²) < 4.78 is 0. The van der Waals surface area contributed by atoms with Crippen molar-refractivity contribution in [2.45, 2.75) is 25.8 Å². The predicted molar refractivity (Wildman–Crippen MR) is 124 cm³/mol. The highest BCUT2D eigenvalue weighted by molar-refractivity contribution is 5.65. The van der Waals surface area contributed by atoms with Gasteiger partial charge in [-0.3, -0.25) is 0 Å². The second-order valence-corrected chi connectivity index (χ2v) is 7.52. The average molecular weight is 378 g/mol. The molecule has 0 bridgehead atoms. The first-order valence-corrected chi connectivity index (χ1v) is 10.3. The van der Waals surface area contributed by atoms with Gasteiger partial charge in [0.25, 0.3) is 0 Å². The molecule has 0 radical (unpaired) electrons. The molecule has 0 amide bonds. The fourth-order valence-electron chi connectivity index (χ4n) is 3.92. The maximum Gasteiger partial charge on any atom is 0.0563 e. The molecule has 29 heavy (non-hydrogen) atoms. The van der Waals surface area contributed by atoms with Gasteiger partial charge >= 0.3 is 0 Å². The van der Waals surface area contributed by atoms with Gasteiger partial charge in [-0.05, 0) is 47.9 Å². The largest absolute Gasteiger partial charge is 0.334 e. The Balaban J connectivity index is 1.68. The van der Waals surface area contributed by atoms with E-state index in [0.717, 1.165) is 0 Å². The molecule has 0 aliphatic rings. The number of para-hydroxylation sites is 1. The fourth-order valence-corrected chi connectivity index (χ4v) is 3.92. The minimum atomic E-state index is 0.232. The first-order chi connectivity index (χ1) is 14.2. The first-order valence-electron chi connectivity index (χ1n) is 10.3. The fraction of sp³-hybridized carbons (Fsp3) is 0.143. The molecule has 4 aromatic carbocycles. The number of hydrogen-bond acceptors (Lipinski definition) is 1. The van der Waals surface area contributed by atoms with Crippen molar-refractivity contribution in [3.05, 3.63) is 132 Å². The van der Waals surface area contributed by atoms with E-state index in [0.29, 0.717) is 5.92 Å². The highest BCUT2D eigenvalue weighted by Gasteiger charge is 2.19. The smallest absolute Gasteiger partial charge is 0.0563 e. The summed E-state index contributed by atoms with van der Waals surface area (Å²) in [6.45, 7) is 4.54. The Labute approximate surface area is 174 Å². The van der Waals surface area contributed by atoms with Crippen LogP contribution >= 0.6 is 0 Å². The van der Waals surface area contributed by atoms with Crippen molar-refractivity contribution in [2.75, 3.05) is 4.90 Å². The van der Waals surface area contributed by atoms with E-state index in [9.17, 15) is 0 Å². The molecule has 144 valence electrons. The summed E-state index contributed by atoms with van der Waals surface area (Å²) in [7, 11) is 0. The highest BCUT2D eigenvalue weighted by atomic mass is 15.2. The molecule has 2 atom stereocenters. The lowest BCUT2D eigenvalue weighted by molar-refractivity contribution is 0.773. The maximum absolute atomic E-state index is 2.41. The Kier molecular flexibility index (Phi) is 5.76. The van der Waals surface area contributed by atoms with Crippen LogP contribution in [0.2, 0.25) is 0 Å². The molecule has 4 aromatic rings. The van der Waals surface area contributed by atoms with Gasteiger partial charge in [-0.25, -0.2) is 0 Å². The minimum absolute atomic E-state index is 0.232. The average Bonchev–Trinajstić information content (AvgIpc) is 2.81. The lowest BCUT2D eigenvalue weighted by atomic mass is 9.93. The summed E-state index contributed by atoms with van der Waals surface area (Å²) in [4.78, 5) is 2.41. The normalized spacial score (nSPS) is 12.9. The van der Waals surface area contributed by atoms with Crippen molar-refractivity contribution in [2.24, 2.45) is 0 Å². The predicted octanol–water partition coefficient (Wildman–Crippen LogP) is 7.74. The Bertz CT molecular complexity index is 1010. The molecular weight excluding hydrogens is 350 g/mol. The Hall–Kier alpha value is -3.32. The van der Waals surface area contributed by atoms with Crippen LogP contribution in [0.3, 0.4) is 0 Å². The van der Waals surface area contributed by atoms with E-state index in [4.69, 9.17) is 0 Å². The molecule has 0 aliphatic heterocycles. The summed E-state index contributed by atoms with van der Waals surface area (Å²) in [6, 6.07) is 41.3. The molecule has 0 aromatic heterocycles. The van der Waals surface area contributed by atoms with E-state index in [1.165, 1.54) is 28.1 Å². The summed E-state index contributed by atoms with van der Waals surface area (Å²) in [5, 5.41) is 0. The molecular formula is C28H27N. The SMILES string of the molecule is CC(c1ccccc1)c1ccc(N(c2ccccc2)C(C)c2ccccc2)cc1. The summed E-state index contributed by atoms with van der Waals surface area (Å²) in [6.07, 6.45) is 0. The van der Waals surface area contributed by atoms with E-state index in [1.807, 2.05) is 0 Å². The van der Waals surface area contributed by atoms with Gasteiger partial charge in [0.05, 0.1) is 6.04 Å². The number of nitrogens with zero attached hydrogens (tertiary/aromatic N) is 1. The zero-order valence-electron chi connectivity index (χ0n) is 17.1. The van der Waals surface area contributed by atoms with Crippen LogP contribution in [0, 0.1) is 0 Å². The molecule has 1 nitrogen and oxygen atoms in total. The molecule has 0 N–H and O–H groups in total. The van der Waals surface area contributed by atoms with E-state index >= 15 is 0 Å². The van der Waals surface area contributed by atoms with E-state index in [1.54, 1.807) is 0 Å². The van der Waals surface area contributed by atoms with E-state index in [-0.39, 0.29) is 6.04 Å². The first kappa shape index (κ1) is 19.0. The molecule has 0 saturated carbocycles. The van der Waals surface area contributed by atoms with E-state index in [2.05, 4.69) is 134 Å². The number of rotatable bonds is 6. The number of benzene rings is 4. The molecule has 1 heteroatoms. The van der Waals surface area contributed by atoms with Crippen LogP contribution in [0.4, 0.5) is 11.4 Å². The van der Waals surface area contributed by atoms with Gasteiger partial charge in [0.1, 0.15) is 0 Å². The van der Waals surface area contributed by atoms with Crippen molar-refractivity contribution in [1.82, 2.24) is 0 Å². The van der Waals surface area contributed by atoms with Crippen molar-refractivity contribution >= 4 is 11.4 Å². The third-order valence-electron chi connectivity index (χ3n) is 5.67. The van der Waals surface area contributed by atoms with Gasteiger partial charge in [0.15, 0.2) is 0 Å². The molecule has 4 rings (SSSR count). The third-order valence-corrected chi connectivity index (χ3v) is 5.67. The second kappa shape index (κ2) is 8.79. The third kappa shape index (κ3) is 4.25. The van der Waals surface area contributed by atoms with Gasteiger partial charge in [0, 0.05) is 17.3 Å². The van der Waals surface area contributed by atoms with Crippen molar-refractivity contribution < 1.29 is 0 Å². The lowest BCUT2D eigenvalue weighted by Crippen LogP contribution is -2.21. The number of anilines is 2. The molecule has 0 heterocycles. The number of hydrogen-bond donors (Lipinski definition) is 0. The van der Waals surface area contributed by atoms with Gasteiger partial charge < -0.3 is 4.90 Å². The zero-order valence-corrected chi connectivity index (χ0v) is 17.1. The van der Waals surface area contributed by atoms with Gasteiger partial charge in [-0.15, -0.1) is 0 Å². The van der Waals surface area contributed by atoms with Crippen molar-refractivity contribution in [3.63, 3.8) is 0 Å². The van der Waals surface area contributed by atoms with Crippen LogP contribution in [0.1, 0.15) is 42.5 Å². The van der Waals surface area contributed by atoms with Crippen LogP contribution in [-0.2, 0) is 0 Å². The van der Waals surface area contributed by atoms with Gasteiger partial charge in [0.2, 0.25) is 0 Å². The Morgan fingerprint density at radius 2 is 0.862 bits per heavy atom. The van der Waals surface area contributed by atoms with Gasteiger partial charge in [-0.1, -0.05) is 97.9 Å². The minimum Gasteiger partial charge on any atom is -0.334 e. The van der Waals surface area contributed by atoms with Crippen LogP contribution in [0.25, 0.3) is 0 Å². The van der Waals surface area contributed by atoms with E-state index < -0.39 is 0 Å². The summed E-state index contributed by atoms with van der Waals surface area (Å²) in [5.74, 6) is 0.377. The van der Waals surface area contributed by atoms with Crippen LogP contribution in [0.15, 0.2) is 115 Å². The zero-order chi connectivity index (χ0) is 20.1. The highest BCUT2D eigenvalue weighted by Crippen LogP contribution is 2.36. The van der Waals surface area contributed by atoms with Crippen LogP contribution in [-0.4, -0.2) is 0 Å². The summed E-state index contributed by atoms with van der Waals surface area (Å²) >= 11 is 0.